The van der Waals surface area contributed by atoms with Gasteiger partial charge in [-0.05, 0) is 36.5 Å². The van der Waals surface area contributed by atoms with Gasteiger partial charge in [-0.15, -0.1) is 0 Å². The van der Waals surface area contributed by atoms with Crippen molar-refractivity contribution in [2.45, 2.75) is 31.3 Å². The van der Waals surface area contributed by atoms with Crippen LogP contribution in [0.3, 0.4) is 0 Å². The smallest absolute Gasteiger partial charge is 0.115 e. The van der Waals surface area contributed by atoms with E-state index in [1.807, 2.05) is 18.2 Å². The van der Waals surface area contributed by atoms with Crippen LogP contribution in [0.5, 0.6) is 0 Å². The standard InChI is InChI=1S/C15H16ClN3/c16-15-4-2-1-3-14(15)11-7-13(8-11)18-9-12-5-6-17-10-19-12/h1-6,10-11,13,18H,7-9H2. The van der Waals surface area contributed by atoms with Crippen LogP contribution in [0.25, 0.3) is 0 Å². The molecule has 1 saturated carbocycles. The van der Waals surface area contributed by atoms with E-state index in [0.717, 1.165) is 30.1 Å². The van der Waals surface area contributed by atoms with Crippen molar-refractivity contribution in [3.8, 4) is 0 Å². The monoisotopic (exact) mass is 273 g/mol. The molecule has 0 bridgehead atoms. The van der Waals surface area contributed by atoms with Crippen LogP contribution in [0.4, 0.5) is 0 Å². The molecule has 0 amide bonds. The van der Waals surface area contributed by atoms with Gasteiger partial charge < -0.3 is 5.32 Å². The molecule has 1 aromatic heterocycles. The molecule has 4 heteroatoms. The molecule has 1 aromatic carbocycles. The minimum Gasteiger partial charge on any atom is -0.308 e. The van der Waals surface area contributed by atoms with Crippen LogP contribution < -0.4 is 5.32 Å². The molecule has 3 rings (SSSR count). The molecule has 1 heterocycles. The highest BCUT2D eigenvalue weighted by molar-refractivity contribution is 6.31. The Morgan fingerprint density at radius 2 is 2.05 bits per heavy atom. The summed E-state index contributed by atoms with van der Waals surface area (Å²) in [5.74, 6) is 0.594. The van der Waals surface area contributed by atoms with Crippen molar-refractivity contribution in [1.82, 2.24) is 15.3 Å². The van der Waals surface area contributed by atoms with Gasteiger partial charge in [0.1, 0.15) is 6.33 Å². The SMILES string of the molecule is Clc1ccccc1C1CC(NCc2ccncn2)C1. The Bertz CT molecular complexity index is 538. The number of nitrogens with one attached hydrogen (secondary N) is 1. The molecular formula is C15H16ClN3. The van der Waals surface area contributed by atoms with Gasteiger partial charge in [0.25, 0.3) is 0 Å². The van der Waals surface area contributed by atoms with Gasteiger partial charge in [0, 0.05) is 23.8 Å². The fourth-order valence-electron chi connectivity index (χ4n) is 2.52. The van der Waals surface area contributed by atoms with Crippen molar-refractivity contribution in [3.63, 3.8) is 0 Å². The van der Waals surface area contributed by atoms with E-state index < -0.39 is 0 Å². The summed E-state index contributed by atoms with van der Waals surface area (Å²) in [6.45, 7) is 0.808. The maximum Gasteiger partial charge on any atom is 0.115 e. The number of benzene rings is 1. The maximum absolute atomic E-state index is 6.22. The Kier molecular flexibility index (Phi) is 3.76. The van der Waals surface area contributed by atoms with E-state index in [1.165, 1.54) is 5.56 Å². The predicted molar refractivity (Wildman–Crippen MR) is 76.1 cm³/mol. The van der Waals surface area contributed by atoms with E-state index in [4.69, 9.17) is 11.6 Å². The number of nitrogens with zero attached hydrogens (tertiary/aromatic N) is 2. The number of rotatable bonds is 4. The van der Waals surface area contributed by atoms with Gasteiger partial charge >= 0.3 is 0 Å². The zero-order chi connectivity index (χ0) is 13.1. The molecule has 1 N–H and O–H groups in total. The van der Waals surface area contributed by atoms with Crippen molar-refractivity contribution in [1.29, 1.82) is 0 Å². The Hall–Kier alpha value is -1.45. The third-order valence-corrected chi connectivity index (χ3v) is 4.04. The van der Waals surface area contributed by atoms with Gasteiger partial charge in [-0.1, -0.05) is 29.8 Å². The average Bonchev–Trinajstić information content (AvgIpc) is 2.40. The lowest BCUT2D eigenvalue weighted by Gasteiger charge is -2.36. The lowest BCUT2D eigenvalue weighted by molar-refractivity contribution is 0.288. The second-order valence-corrected chi connectivity index (χ2v) is 5.38. The van der Waals surface area contributed by atoms with Gasteiger partial charge in [0.15, 0.2) is 0 Å². The van der Waals surface area contributed by atoms with Crippen LogP contribution in [0, 0.1) is 0 Å². The van der Waals surface area contributed by atoms with Crippen LogP contribution in [-0.4, -0.2) is 16.0 Å². The van der Waals surface area contributed by atoms with Crippen molar-refractivity contribution >= 4 is 11.6 Å². The third-order valence-electron chi connectivity index (χ3n) is 3.70. The first kappa shape index (κ1) is 12.6. The van der Waals surface area contributed by atoms with Crippen molar-refractivity contribution in [2.24, 2.45) is 0 Å². The highest BCUT2D eigenvalue weighted by atomic mass is 35.5. The fourth-order valence-corrected chi connectivity index (χ4v) is 2.81. The number of hydrogen-bond acceptors (Lipinski definition) is 3. The van der Waals surface area contributed by atoms with E-state index in [0.29, 0.717) is 12.0 Å². The molecule has 19 heavy (non-hydrogen) atoms. The highest BCUT2D eigenvalue weighted by Gasteiger charge is 2.30. The van der Waals surface area contributed by atoms with Gasteiger partial charge in [-0.3, -0.25) is 0 Å². The van der Waals surface area contributed by atoms with E-state index in [9.17, 15) is 0 Å². The summed E-state index contributed by atoms with van der Waals surface area (Å²) >= 11 is 6.22. The van der Waals surface area contributed by atoms with Gasteiger partial charge in [0.05, 0.1) is 5.69 Å². The van der Waals surface area contributed by atoms with Crippen molar-refractivity contribution in [2.75, 3.05) is 0 Å². The minimum absolute atomic E-state index is 0.566. The first-order chi connectivity index (χ1) is 9.33. The summed E-state index contributed by atoms with van der Waals surface area (Å²) in [6.07, 6.45) is 5.66. The number of aromatic nitrogens is 2. The Morgan fingerprint density at radius 1 is 1.21 bits per heavy atom. The summed E-state index contributed by atoms with van der Waals surface area (Å²) in [4.78, 5) is 8.12. The van der Waals surface area contributed by atoms with Crippen molar-refractivity contribution < 1.29 is 0 Å². The van der Waals surface area contributed by atoms with Gasteiger partial charge in [-0.2, -0.15) is 0 Å². The van der Waals surface area contributed by atoms with E-state index in [1.54, 1.807) is 12.5 Å². The Balaban J connectivity index is 1.50. The number of halogens is 1. The zero-order valence-corrected chi connectivity index (χ0v) is 11.3. The molecular weight excluding hydrogens is 258 g/mol. The van der Waals surface area contributed by atoms with E-state index in [2.05, 4.69) is 27.4 Å². The first-order valence-corrected chi connectivity index (χ1v) is 6.93. The lowest BCUT2D eigenvalue weighted by Crippen LogP contribution is -2.39. The van der Waals surface area contributed by atoms with Crippen LogP contribution in [0.15, 0.2) is 42.9 Å². The summed E-state index contributed by atoms with van der Waals surface area (Å²) < 4.78 is 0. The summed E-state index contributed by atoms with van der Waals surface area (Å²) in [6, 6.07) is 10.7. The van der Waals surface area contributed by atoms with Gasteiger partial charge in [0.2, 0.25) is 0 Å². The van der Waals surface area contributed by atoms with E-state index >= 15 is 0 Å². The molecule has 0 spiro atoms. The molecule has 3 nitrogen and oxygen atoms in total. The zero-order valence-electron chi connectivity index (χ0n) is 10.6. The quantitative estimate of drug-likeness (QED) is 0.930. The summed E-state index contributed by atoms with van der Waals surface area (Å²) in [7, 11) is 0. The lowest BCUT2D eigenvalue weighted by atomic mass is 9.76. The molecule has 1 aliphatic carbocycles. The molecule has 0 unspecified atom stereocenters. The summed E-state index contributed by atoms with van der Waals surface area (Å²) in [5.41, 5.74) is 2.32. The van der Waals surface area contributed by atoms with E-state index in [-0.39, 0.29) is 0 Å². The topological polar surface area (TPSA) is 37.8 Å². The fraction of sp³-hybridized carbons (Fsp3) is 0.333. The van der Waals surface area contributed by atoms with Crippen LogP contribution in [0.1, 0.15) is 30.0 Å². The van der Waals surface area contributed by atoms with Crippen LogP contribution in [-0.2, 0) is 6.54 Å². The highest BCUT2D eigenvalue weighted by Crippen LogP contribution is 2.39. The normalized spacial score (nSPS) is 21.9. The van der Waals surface area contributed by atoms with Gasteiger partial charge in [-0.25, -0.2) is 9.97 Å². The third kappa shape index (κ3) is 2.94. The Labute approximate surface area is 118 Å². The second kappa shape index (κ2) is 5.68. The minimum atomic E-state index is 0.566. The van der Waals surface area contributed by atoms with Crippen LogP contribution >= 0.6 is 11.6 Å². The largest absolute Gasteiger partial charge is 0.308 e. The molecule has 98 valence electrons. The molecule has 0 radical (unpaired) electrons. The molecule has 0 aliphatic heterocycles. The van der Waals surface area contributed by atoms with Crippen molar-refractivity contribution in [3.05, 3.63) is 59.1 Å². The second-order valence-electron chi connectivity index (χ2n) is 4.97. The van der Waals surface area contributed by atoms with Crippen LogP contribution in [0.2, 0.25) is 5.02 Å². The molecule has 1 aliphatic rings. The molecule has 0 saturated heterocycles. The first-order valence-electron chi connectivity index (χ1n) is 6.55. The number of hydrogen-bond donors (Lipinski definition) is 1. The predicted octanol–water partition coefficient (Wildman–Crippen LogP) is 3.17. The Morgan fingerprint density at radius 3 is 2.79 bits per heavy atom. The molecule has 2 aromatic rings. The average molecular weight is 274 g/mol. The summed E-state index contributed by atoms with van der Waals surface area (Å²) in [5, 5.41) is 4.41. The molecule has 1 fully saturated rings. The maximum atomic E-state index is 6.22. The molecule has 0 atom stereocenters.